The third kappa shape index (κ3) is 1.56. The van der Waals surface area contributed by atoms with E-state index in [1.165, 1.54) is 5.56 Å². The number of aryl methyl sites for hydroxylation is 1. The topological polar surface area (TPSA) is 42.2 Å². The zero-order chi connectivity index (χ0) is 11.6. The highest BCUT2D eigenvalue weighted by Crippen LogP contribution is 2.38. The maximum Gasteiger partial charge on any atom is 0.132 e. The summed E-state index contributed by atoms with van der Waals surface area (Å²) >= 11 is 0. The Morgan fingerprint density at radius 3 is 2.69 bits per heavy atom. The molecule has 3 heteroatoms. The molecule has 0 amide bonds. The summed E-state index contributed by atoms with van der Waals surface area (Å²) in [5.74, 6) is 0.780. The third-order valence-electron chi connectivity index (χ3n) is 3.10. The fourth-order valence-corrected chi connectivity index (χ4v) is 1.94. The standard InChI is InChI=1S/C13H15NO2/c1-3-10-4-5-12(15-2)11(6-10)13(7-14)8-16-9-13/h4-6H,3,8-9H2,1-2H3. The van der Waals surface area contributed by atoms with Gasteiger partial charge in [0.05, 0.1) is 26.4 Å². The quantitative estimate of drug-likeness (QED) is 0.778. The number of hydrogen-bond acceptors (Lipinski definition) is 3. The van der Waals surface area contributed by atoms with E-state index in [0.29, 0.717) is 13.2 Å². The molecule has 0 spiro atoms. The Bertz CT molecular complexity index is 430. The number of methoxy groups -OCH3 is 1. The number of ether oxygens (including phenoxy) is 2. The summed E-state index contributed by atoms with van der Waals surface area (Å²) in [6.45, 7) is 3.03. The summed E-state index contributed by atoms with van der Waals surface area (Å²) in [6.07, 6.45) is 0.958. The van der Waals surface area contributed by atoms with Crippen LogP contribution in [0.3, 0.4) is 0 Å². The molecule has 84 valence electrons. The van der Waals surface area contributed by atoms with Gasteiger partial charge < -0.3 is 9.47 Å². The molecule has 3 nitrogen and oxygen atoms in total. The van der Waals surface area contributed by atoms with Gasteiger partial charge in [-0.25, -0.2) is 0 Å². The van der Waals surface area contributed by atoms with Crippen molar-refractivity contribution in [1.29, 1.82) is 5.26 Å². The van der Waals surface area contributed by atoms with Crippen LogP contribution in [0.15, 0.2) is 18.2 Å². The van der Waals surface area contributed by atoms with Crippen LogP contribution in [0, 0.1) is 11.3 Å². The number of nitrogens with zero attached hydrogens (tertiary/aromatic N) is 1. The minimum Gasteiger partial charge on any atom is -0.496 e. The molecule has 1 saturated heterocycles. The number of hydrogen-bond donors (Lipinski definition) is 0. The summed E-state index contributed by atoms with van der Waals surface area (Å²) in [7, 11) is 1.63. The molecule has 0 radical (unpaired) electrons. The smallest absolute Gasteiger partial charge is 0.132 e. The average molecular weight is 217 g/mol. The SMILES string of the molecule is CCc1ccc(OC)c(C2(C#N)COC2)c1. The molecule has 1 aliphatic heterocycles. The van der Waals surface area contributed by atoms with Gasteiger partial charge in [-0.3, -0.25) is 0 Å². The van der Waals surface area contributed by atoms with Crippen LogP contribution < -0.4 is 4.74 Å². The van der Waals surface area contributed by atoms with E-state index in [0.717, 1.165) is 17.7 Å². The summed E-state index contributed by atoms with van der Waals surface area (Å²) in [6, 6.07) is 8.38. The van der Waals surface area contributed by atoms with Crippen LogP contribution >= 0.6 is 0 Å². The summed E-state index contributed by atoms with van der Waals surface area (Å²) in [5, 5.41) is 9.29. The van der Waals surface area contributed by atoms with Crippen LogP contribution in [-0.2, 0) is 16.6 Å². The van der Waals surface area contributed by atoms with Crippen LogP contribution in [0.4, 0.5) is 0 Å². The molecule has 1 heterocycles. The Morgan fingerprint density at radius 1 is 1.50 bits per heavy atom. The first-order chi connectivity index (χ1) is 7.75. The molecule has 16 heavy (non-hydrogen) atoms. The highest BCUT2D eigenvalue weighted by atomic mass is 16.5. The van der Waals surface area contributed by atoms with Crippen molar-refractivity contribution in [1.82, 2.24) is 0 Å². The highest BCUT2D eigenvalue weighted by molar-refractivity contribution is 5.47. The summed E-state index contributed by atoms with van der Waals surface area (Å²) < 4.78 is 10.5. The van der Waals surface area contributed by atoms with Gasteiger partial charge in [-0.1, -0.05) is 19.1 Å². The van der Waals surface area contributed by atoms with Gasteiger partial charge in [-0.05, 0) is 18.1 Å². The first-order valence-electron chi connectivity index (χ1n) is 5.42. The first kappa shape index (κ1) is 11.0. The predicted octanol–water partition coefficient (Wildman–Crippen LogP) is 2.05. The zero-order valence-corrected chi connectivity index (χ0v) is 9.62. The van der Waals surface area contributed by atoms with E-state index < -0.39 is 5.41 Å². The summed E-state index contributed by atoms with van der Waals surface area (Å²) in [4.78, 5) is 0. The second-order valence-corrected chi connectivity index (χ2v) is 4.07. The van der Waals surface area contributed by atoms with E-state index in [1.807, 2.05) is 12.1 Å². The van der Waals surface area contributed by atoms with Crippen LogP contribution in [0.5, 0.6) is 5.75 Å². The van der Waals surface area contributed by atoms with Gasteiger partial charge in [0.2, 0.25) is 0 Å². The molecule has 0 saturated carbocycles. The molecular weight excluding hydrogens is 202 g/mol. The molecule has 0 aliphatic carbocycles. The van der Waals surface area contributed by atoms with Crippen molar-refractivity contribution in [3.05, 3.63) is 29.3 Å². The van der Waals surface area contributed by atoms with Crippen LogP contribution in [0.2, 0.25) is 0 Å². The van der Waals surface area contributed by atoms with Crippen LogP contribution in [0.25, 0.3) is 0 Å². The molecule has 0 N–H and O–H groups in total. The third-order valence-corrected chi connectivity index (χ3v) is 3.10. The first-order valence-corrected chi connectivity index (χ1v) is 5.42. The minimum atomic E-state index is -0.503. The fraction of sp³-hybridized carbons (Fsp3) is 0.462. The maximum absolute atomic E-state index is 9.29. The van der Waals surface area contributed by atoms with Gasteiger partial charge in [0.25, 0.3) is 0 Å². The van der Waals surface area contributed by atoms with Crippen molar-refractivity contribution in [2.24, 2.45) is 0 Å². The van der Waals surface area contributed by atoms with Gasteiger partial charge in [0.1, 0.15) is 11.2 Å². The van der Waals surface area contributed by atoms with E-state index in [-0.39, 0.29) is 0 Å². The van der Waals surface area contributed by atoms with Crippen molar-refractivity contribution < 1.29 is 9.47 Å². The molecule has 0 unspecified atom stereocenters. The Labute approximate surface area is 95.6 Å². The second kappa shape index (κ2) is 4.15. The van der Waals surface area contributed by atoms with E-state index in [2.05, 4.69) is 19.1 Å². The highest BCUT2D eigenvalue weighted by Gasteiger charge is 2.43. The Balaban J connectivity index is 2.49. The largest absolute Gasteiger partial charge is 0.496 e. The molecule has 1 aliphatic rings. The Morgan fingerprint density at radius 2 is 2.25 bits per heavy atom. The number of benzene rings is 1. The van der Waals surface area contributed by atoms with E-state index in [1.54, 1.807) is 7.11 Å². The monoisotopic (exact) mass is 217 g/mol. The molecule has 1 aromatic carbocycles. The fourth-order valence-electron chi connectivity index (χ4n) is 1.94. The van der Waals surface area contributed by atoms with Crippen molar-refractivity contribution in [3.8, 4) is 11.8 Å². The van der Waals surface area contributed by atoms with E-state index >= 15 is 0 Å². The zero-order valence-electron chi connectivity index (χ0n) is 9.62. The van der Waals surface area contributed by atoms with Crippen molar-refractivity contribution in [2.45, 2.75) is 18.8 Å². The van der Waals surface area contributed by atoms with E-state index in [9.17, 15) is 5.26 Å². The minimum absolute atomic E-state index is 0.465. The number of nitriles is 1. The van der Waals surface area contributed by atoms with Crippen molar-refractivity contribution in [2.75, 3.05) is 20.3 Å². The molecule has 0 bridgehead atoms. The van der Waals surface area contributed by atoms with Crippen molar-refractivity contribution in [3.63, 3.8) is 0 Å². The van der Waals surface area contributed by atoms with Crippen LogP contribution in [-0.4, -0.2) is 20.3 Å². The van der Waals surface area contributed by atoms with Gasteiger partial charge in [-0.2, -0.15) is 5.26 Å². The lowest BCUT2D eigenvalue weighted by atomic mass is 9.79. The molecule has 2 rings (SSSR count). The molecule has 1 fully saturated rings. The second-order valence-electron chi connectivity index (χ2n) is 4.07. The predicted molar refractivity (Wildman–Crippen MR) is 60.5 cm³/mol. The molecule has 0 atom stereocenters. The Kier molecular flexibility index (Phi) is 2.84. The molecular formula is C13H15NO2. The maximum atomic E-state index is 9.29. The van der Waals surface area contributed by atoms with Gasteiger partial charge >= 0.3 is 0 Å². The molecule has 1 aromatic rings. The summed E-state index contributed by atoms with van der Waals surface area (Å²) in [5.41, 5.74) is 1.68. The van der Waals surface area contributed by atoms with Crippen LogP contribution in [0.1, 0.15) is 18.1 Å². The Hall–Kier alpha value is -1.53. The van der Waals surface area contributed by atoms with Gasteiger partial charge in [0.15, 0.2) is 0 Å². The van der Waals surface area contributed by atoms with Gasteiger partial charge in [0, 0.05) is 5.56 Å². The average Bonchev–Trinajstić information content (AvgIpc) is 2.28. The normalized spacial score (nSPS) is 17.3. The lowest BCUT2D eigenvalue weighted by Gasteiger charge is -2.36. The van der Waals surface area contributed by atoms with E-state index in [4.69, 9.17) is 9.47 Å². The number of rotatable bonds is 3. The lowest BCUT2D eigenvalue weighted by molar-refractivity contribution is -0.0307. The molecule has 0 aromatic heterocycles. The lowest BCUT2D eigenvalue weighted by Crippen LogP contribution is -2.45. The van der Waals surface area contributed by atoms with Crippen molar-refractivity contribution >= 4 is 0 Å². The van der Waals surface area contributed by atoms with Gasteiger partial charge in [-0.15, -0.1) is 0 Å².